The first-order valence-corrected chi connectivity index (χ1v) is 10.1. The van der Waals surface area contributed by atoms with Crippen molar-refractivity contribution in [1.29, 1.82) is 0 Å². The summed E-state index contributed by atoms with van der Waals surface area (Å²) in [6, 6.07) is 5.67. The number of carbonyl (C=O) groups excluding carboxylic acids is 1. The minimum Gasteiger partial charge on any atom is -0.310 e. The van der Waals surface area contributed by atoms with Gasteiger partial charge in [-0.3, -0.25) is 9.48 Å². The van der Waals surface area contributed by atoms with Crippen LogP contribution in [0, 0.1) is 5.92 Å². The molecule has 0 unspecified atom stereocenters. The first-order valence-electron chi connectivity index (χ1n) is 9.33. The van der Waals surface area contributed by atoms with E-state index in [9.17, 15) is 4.79 Å². The Morgan fingerprint density at radius 3 is 2.69 bits per heavy atom. The van der Waals surface area contributed by atoms with E-state index in [1.807, 2.05) is 35.3 Å². The number of amides is 1. The largest absolute Gasteiger partial charge is 0.310 e. The molecule has 1 amide bonds. The zero-order valence-corrected chi connectivity index (χ0v) is 16.6. The number of rotatable bonds is 8. The van der Waals surface area contributed by atoms with Gasteiger partial charge in [0.05, 0.1) is 0 Å². The summed E-state index contributed by atoms with van der Waals surface area (Å²) in [5.41, 5.74) is 0. The lowest BCUT2D eigenvalue weighted by Crippen LogP contribution is -2.38. The molecular weight excluding hydrogens is 394 g/mol. The second kappa shape index (κ2) is 9.83. The molecule has 0 aromatic carbocycles. The monoisotopic (exact) mass is 419 g/mol. The molecule has 7 heteroatoms. The summed E-state index contributed by atoms with van der Waals surface area (Å²) in [6.45, 7) is 4.14. The number of anilines is 1. The van der Waals surface area contributed by atoms with Crippen LogP contribution in [0.5, 0.6) is 0 Å². The first-order chi connectivity index (χ1) is 12.7. The quantitative estimate of drug-likeness (QED) is 0.664. The normalized spacial score (nSPS) is 15.9. The Bertz CT molecular complexity index is 666. The molecule has 1 aliphatic heterocycles. The highest BCUT2D eigenvalue weighted by atomic mass is 79.9. The van der Waals surface area contributed by atoms with E-state index in [1.165, 1.54) is 19.3 Å². The number of nitrogens with one attached hydrogen (secondary N) is 1. The number of aryl methyl sites for hydroxylation is 1. The number of unbranched alkanes of at least 4 members (excludes halogenated alkanes) is 2. The van der Waals surface area contributed by atoms with E-state index in [4.69, 9.17) is 0 Å². The number of hydrogen-bond acceptors (Lipinski definition) is 4. The standard InChI is InChI=1S/C19H26BrN5O/c20-17-5-6-18(21-15-17)23-19(26)16-7-13-24(14-8-16)10-2-1-3-11-25-12-4-9-22-25/h4-6,9,12,15-16H,1-3,7-8,10-11,13-14H2,(H,21,23,26). The first kappa shape index (κ1) is 19.0. The summed E-state index contributed by atoms with van der Waals surface area (Å²) < 4.78 is 2.90. The fraction of sp³-hybridized carbons (Fsp3) is 0.526. The van der Waals surface area contributed by atoms with Crippen molar-refractivity contribution in [2.24, 2.45) is 5.92 Å². The molecule has 1 N–H and O–H groups in total. The number of carbonyl (C=O) groups is 1. The van der Waals surface area contributed by atoms with Crippen LogP contribution in [-0.4, -0.2) is 45.2 Å². The van der Waals surface area contributed by atoms with Gasteiger partial charge in [0.25, 0.3) is 0 Å². The Morgan fingerprint density at radius 2 is 2.00 bits per heavy atom. The fourth-order valence-electron chi connectivity index (χ4n) is 3.32. The number of pyridine rings is 1. The maximum absolute atomic E-state index is 12.4. The van der Waals surface area contributed by atoms with Gasteiger partial charge in [0, 0.05) is 35.5 Å². The zero-order chi connectivity index (χ0) is 18.2. The van der Waals surface area contributed by atoms with Crippen LogP contribution in [0.15, 0.2) is 41.3 Å². The summed E-state index contributed by atoms with van der Waals surface area (Å²) in [4.78, 5) is 19.1. The van der Waals surface area contributed by atoms with Crippen molar-refractivity contribution in [3.8, 4) is 0 Å². The second-order valence-electron chi connectivity index (χ2n) is 6.80. The maximum atomic E-state index is 12.4. The van der Waals surface area contributed by atoms with Gasteiger partial charge in [-0.15, -0.1) is 0 Å². The average molecular weight is 420 g/mol. The van der Waals surface area contributed by atoms with E-state index in [1.54, 1.807) is 6.20 Å². The molecule has 0 spiro atoms. The molecule has 1 saturated heterocycles. The number of likely N-dealkylation sites (tertiary alicyclic amines) is 1. The number of nitrogens with zero attached hydrogens (tertiary/aromatic N) is 4. The van der Waals surface area contributed by atoms with Gasteiger partial charge in [-0.2, -0.15) is 5.10 Å². The smallest absolute Gasteiger partial charge is 0.228 e. The van der Waals surface area contributed by atoms with Crippen molar-refractivity contribution in [3.05, 3.63) is 41.3 Å². The van der Waals surface area contributed by atoms with Crippen LogP contribution < -0.4 is 5.32 Å². The van der Waals surface area contributed by atoms with Crippen LogP contribution in [-0.2, 0) is 11.3 Å². The van der Waals surface area contributed by atoms with Crippen molar-refractivity contribution in [2.75, 3.05) is 25.0 Å². The summed E-state index contributed by atoms with van der Waals surface area (Å²) >= 11 is 3.35. The van der Waals surface area contributed by atoms with Gasteiger partial charge in [-0.25, -0.2) is 4.98 Å². The van der Waals surface area contributed by atoms with Crippen molar-refractivity contribution < 1.29 is 4.79 Å². The Hall–Kier alpha value is -1.73. The molecule has 1 fully saturated rings. The molecule has 0 bridgehead atoms. The summed E-state index contributed by atoms with van der Waals surface area (Å²) in [6.07, 6.45) is 11.0. The van der Waals surface area contributed by atoms with Crippen LogP contribution >= 0.6 is 15.9 Å². The molecule has 6 nitrogen and oxygen atoms in total. The van der Waals surface area contributed by atoms with E-state index in [2.05, 4.69) is 36.2 Å². The fourth-order valence-corrected chi connectivity index (χ4v) is 3.55. The highest BCUT2D eigenvalue weighted by Gasteiger charge is 2.24. The van der Waals surface area contributed by atoms with Gasteiger partial charge in [-0.1, -0.05) is 6.42 Å². The van der Waals surface area contributed by atoms with Crippen LogP contribution in [0.4, 0.5) is 5.82 Å². The van der Waals surface area contributed by atoms with E-state index < -0.39 is 0 Å². The Kier molecular flexibility index (Phi) is 7.20. The third-order valence-electron chi connectivity index (χ3n) is 4.86. The van der Waals surface area contributed by atoms with E-state index in [0.717, 1.165) is 43.5 Å². The van der Waals surface area contributed by atoms with E-state index in [-0.39, 0.29) is 11.8 Å². The number of hydrogen-bond donors (Lipinski definition) is 1. The van der Waals surface area contributed by atoms with Gasteiger partial charge < -0.3 is 10.2 Å². The van der Waals surface area contributed by atoms with Crippen molar-refractivity contribution in [2.45, 2.75) is 38.6 Å². The zero-order valence-electron chi connectivity index (χ0n) is 15.0. The topological polar surface area (TPSA) is 63.1 Å². The average Bonchev–Trinajstić information content (AvgIpc) is 3.17. The van der Waals surface area contributed by atoms with Gasteiger partial charge >= 0.3 is 0 Å². The van der Waals surface area contributed by atoms with Gasteiger partial charge in [0.2, 0.25) is 5.91 Å². The lowest BCUT2D eigenvalue weighted by atomic mass is 9.95. The second-order valence-corrected chi connectivity index (χ2v) is 7.71. The lowest BCUT2D eigenvalue weighted by molar-refractivity contribution is -0.121. The van der Waals surface area contributed by atoms with Crippen LogP contribution in [0.2, 0.25) is 0 Å². The lowest BCUT2D eigenvalue weighted by Gasteiger charge is -2.31. The molecule has 0 atom stereocenters. The van der Waals surface area contributed by atoms with Gasteiger partial charge in [0.1, 0.15) is 5.82 Å². The third-order valence-corrected chi connectivity index (χ3v) is 5.33. The van der Waals surface area contributed by atoms with E-state index in [0.29, 0.717) is 5.82 Å². The summed E-state index contributed by atoms with van der Waals surface area (Å²) in [5.74, 6) is 0.813. The van der Waals surface area contributed by atoms with E-state index >= 15 is 0 Å². The molecule has 0 aliphatic carbocycles. The molecule has 26 heavy (non-hydrogen) atoms. The molecule has 0 saturated carbocycles. The number of halogens is 1. The Morgan fingerprint density at radius 1 is 1.19 bits per heavy atom. The van der Waals surface area contributed by atoms with Gasteiger partial charge in [0.15, 0.2) is 0 Å². The maximum Gasteiger partial charge on any atom is 0.228 e. The summed E-state index contributed by atoms with van der Waals surface area (Å²) in [5, 5.41) is 7.15. The minimum atomic E-state index is 0.0940. The SMILES string of the molecule is O=C(Nc1ccc(Br)cn1)C1CCN(CCCCCn2cccn2)CC1. The molecular formula is C19H26BrN5O. The molecule has 2 aromatic rings. The molecule has 3 rings (SSSR count). The van der Waals surface area contributed by atoms with Crippen molar-refractivity contribution in [1.82, 2.24) is 19.7 Å². The summed E-state index contributed by atoms with van der Waals surface area (Å²) in [7, 11) is 0. The predicted molar refractivity (Wildman–Crippen MR) is 106 cm³/mol. The van der Waals surface area contributed by atoms with Crippen LogP contribution in [0.25, 0.3) is 0 Å². The molecule has 0 radical (unpaired) electrons. The Labute approximate surface area is 163 Å². The van der Waals surface area contributed by atoms with Gasteiger partial charge in [-0.05, 0) is 79.4 Å². The van der Waals surface area contributed by atoms with Crippen LogP contribution in [0.3, 0.4) is 0 Å². The third kappa shape index (κ3) is 5.92. The molecule has 2 aromatic heterocycles. The van der Waals surface area contributed by atoms with Crippen molar-refractivity contribution >= 4 is 27.7 Å². The molecule has 1 aliphatic rings. The van der Waals surface area contributed by atoms with Crippen molar-refractivity contribution in [3.63, 3.8) is 0 Å². The molecule has 140 valence electrons. The predicted octanol–water partition coefficient (Wildman–Crippen LogP) is 3.56. The highest BCUT2D eigenvalue weighted by molar-refractivity contribution is 9.10. The minimum absolute atomic E-state index is 0.0940. The Balaban J connectivity index is 1.29. The number of piperidine rings is 1. The highest BCUT2D eigenvalue weighted by Crippen LogP contribution is 2.20. The van der Waals surface area contributed by atoms with Crippen LogP contribution in [0.1, 0.15) is 32.1 Å². The number of aromatic nitrogens is 3. The molecule has 3 heterocycles.